The molecule has 160 valence electrons. The second-order valence-electron chi connectivity index (χ2n) is 8.56. The topological polar surface area (TPSA) is 108 Å². The molecule has 3 atom stereocenters. The van der Waals surface area contributed by atoms with Crippen molar-refractivity contribution in [2.45, 2.75) is 76.0 Å². The zero-order chi connectivity index (χ0) is 21.7. The second-order valence-corrected chi connectivity index (χ2v) is 8.56. The van der Waals surface area contributed by atoms with Crippen LogP contribution in [0.2, 0.25) is 0 Å². The van der Waals surface area contributed by atoms with Gasteiger partial charge < -0.3 is 20.5 Å². The largest absolute Gasteiger partial charge is 0.467 e. The summed E-state index contributed by atoms with van der Waals surface area (Å²) in [6.45, 7) is 5.24. The molecule has 3 N–H and O–H groups in total. The number of ether oxygens (including phenoxy) is 2. The molecule has 7 nitrogen and oxygen atoms in total. The van der Waals surface area contributed by atoms with E-state index in [0.717, 1.165) is 24.8 Å². The van der Waals surface area contributed by atoms with E-state index in [1.54, 1.807) is 20.8 Å². The molecular weight excluding hydrogens is 372 g/mol. The number of amides is 1. The average molecular weight is 405 g/mol. The number of rotatable bonds is 6. The van der Waals surface area contributed by atoms with Crippen LogP contribution in [-0.2, 0) is 23.9 Å². The van der Waals surface area contributed by atoms with Gasteiger partial charge >= 0.3 is 11.9 Å². The number of benzene rings is 1. The van der Waals surface area contributed by atoms with Crippen molar-refractivity contribution < 1.29 is 23.9 Å². The highest BCUT2D eigenvalue weighted by atomic mass is 16.6. The van der Waals surface area contributed by atoms with Crippen LogP contribution in [0.5, 0.6) is 0 Å². The van der Waals surface area contributed by atoms with E-state index < -0.39 is 35.0 Å². The molecule has 1 fully saturated rings. The number of methoxy groups -OCH3 is 1. The highest BCUT2D eigenvalue weighted by Crippen LogP contribution is 2.42. The van der Waals surface area contributed by atoms with Gasteiger partial charge in [0.2, 0.25) is 5.91 Å². The fourth-order valence-corrected chi connectivity index (χ4v) is 3.90. The highest BCUT2D eigenvalue weighted by molar-refractivity contribution is 5.93. The first kappa shape index (κ1) is 22.9. The molecule has 2 rings (SSSR count). The van der Waals surface area contributed by atoms with Gasteiger partial charge in [0.25, 0.3) is 0 Å². The number of hydrogen-bond acceptors (Lipinski definition) is 6. The molecule has 0 radical (unpaired) electrons. The van der Waals surface area contributed by atoms with Crippen molar-refractivity contribution in [3.8, 4) is 0 Å². The molecule has 0 saturated heterocycles. The molecule has 1 aromatic carbocycles. The quantitative estimate of drug-likeness (QED) is 0.705. The minimum Gasteiger partial charge on any atom is -0.467 e. The van der Waals surface area contributed by atoms with Crippen molar-refractivity contribution in [3.63, 3.8) is 0 Å². The number of nitrogens with two attached hydrogens (primary N) is 1. The Labute approximate surface area is 172 Å². The van der Waals surface area contributed by atoms with Crippen LogP contribution in [0, 0.1) is 0 Å². The number of hydrogen-bond donors (Lipinski definition) is 2. The zero-order valence-electron chi connectivity index (χ0n) is 17.7. The summed E-state index contributed by atoms with van der Waals surface area (Å²) in [6, 6.07) is 8.48. The fourth-order valence-electron chi connectivity index (χ4n) is 3.90. The maximum Gasteiger partial charge on any atom is 0.332 e. The summed E-state index contributed by atoms with van der Waals surface area (Å²) in [5.41, 5.74) is 5.06. The van der Waals surface area contributed by atoms with E-state index in [4.69, 9.17) is 15.2 Å². The van der Waals surface area contributed by atoms with E-state index in [9.17, 15) is 14.4 Å². The summed E-state index contributed by atoms with van der Waals surface area (Å²) >= 11 is 0. The third-order valence-corrected chi connectivity index (χ3v) is 5.15. The van der Waals surface area contributed by atoms with Gasteiger partial charge in [-0.25, -0.2) is 4.79 Å². The SMILES string of the molecule is COC(=O)[C@]1(NC(=O)[C@@H](N)CC(=O)OC(C)(C)C)CCCC[C@H]1c1ccccc1. The van der Waals surface area contributed by atoms with E-state index in [1.807, 2.05) is 30.3 Å². The van der Waals surface area contributed by atoms with E-state index in [1.165, 1.54) is 7.11 Å². The van der Waals surface area contributed by atoms with Gasteiger partial charge in [0, 0.05) is 5.92 Å². The third-order valence-electron chi connectivity index (χ3n) is 5.15. The summed E-state index contributed by atoms with van der Waals surface area (Å²) in [7, 11) is 1.31. The third kappa shape index (κ3) is 5.79. The van der Waals surface area contributed by atoms with Crippen molar-refractivity contribution in [2.75, 3.05) is 7.11 Å². The predicted octanol–water partition coefficient (Wildman–Crippen LogP) is 2.43. The lowest BCUT2D eigenvalue weighted by atomic mass is 9.69. The first-order valence-electron chi connectivity index (χ1n) is 10.0. The molecule has 0 aromatic heterocycles. The van der Waals surface area contributed by atoms with Crippen molar-refractivity contribution in [1.82, 2.24) is 5.32 Å². The molecule has 29 heavy (non-hydrogen) atoms. The van der Waals surface area contributed by atoms with Crippen LogP contribution >= 0.6 is 0 Å². The van der Waals surface area contributed by atoms with Crippen molar-refractivity contribution in [3.05, 3.63) is 35.9 Å². The summed E-state index contributed by atoms with van der Waals surface area (Å²) in [5.74, 6) is -1.86. The number of carbonyl (C=O) groups excluding carboxylic acids is 3. The second kappa shape index (κ2) is 9.39. The van der Waals surface area contributed by atoms with Crippen LogP contribution in [0.15, 0.2) is 30.3 Å². The minimum absolute atomic E-state index is 0.234. The van der Waals surface area contributed by atoms with Gasteiger partial charge in [0.15, 0.2) is 0 Å². The number of esters is 2. The van der Waals surface area contributed by atoms with E-state index in [2.05, 4.69) is 5.32 Å². The Morgan fingerprint density at radius 2 is 1.86 bits per heavy atom. The van der Waals surface area contributed by atoms with Crippen molar-refractivity contribution in [2.24, 2.45) is 5.73 Å². The van der Waals surface area contributed by atoms with Gasteiger partial charge in [-0.05, 0) is 39.2 Å². The lowest BCUT2D eigenvalue weighted by Gasteiger charge is -2.43. The van der Waals surface area contributed by atoms with Crippen molar-refractivity contribution in [1.29, 1.82) is 0 Å². The lowest BCUT2D eigenvalue weighted by molar-refractivity contribution is -0.157. The van der Waals surface area contributed by atoms with Gasteiger partial charge in [-0.15, -0.1) is 0 Å². The van der Waals surface area contributed by atoms with Gasteiger partial charge in [-0.3, -0.25) is 9.59 Å². The Hall–Kier alpha value is -2.41. The maximum absolute atomic E-state index is 12.9. The molecule has 0 bridgehead atoms. The van der Waals surface area contributed by atoms with Crippen LogP contribution < -0.4 is 11.1 Å². The minimum atomic E-state index is -1.21. The molecule has 1 aliphatic carbocycles. The zero-order valence-corrected chi connectivity index (χ0v) is 17.7. The lowest BCUT2D eigenvalue weighted by Crippen LogP contribution is -2.62. The molecule has 7 heteroatoms. The fraction of sp³-hybridized carbons (Fsp3) is 0.591. The monoisotopic (exact) mass is 404 g/mol. The molecule has 1 amide bonds. The van der Waals surface area contributed by atoms with Crippen LogP contribution in [-0.4, -0.2) is 42.1 Å². The van der Waals surface area contributed by atoms with Crippen LogP contribution in [0.3, 0.4) is 0 Å². The standard InChI is InChI=1S/C22H32N2O5/c1-21(2,3)29-18(25)14-17(23)19(26)24-22(20(27)28-4)13-9-8-12-16(22)15-10-6-5-7-11-15/h5-7,10-11,16-17H,8-9,12-14,23H2,1-4H3,(H,24,26)/t16-,17-,22-/m0/s1. The molecule has 0 unspecified atom stereocenters. The Bertz CT molecular complexity index is 728. The van der Waals surface area contributed by atoms with Crippen LogP contribution in [0.1, 0.15) is 64.4 Å². The highest BCUT2D eigenvalue weighted by Gasteiger charge is 2.50. The number of carbonyl (C=O) groups is 3. The molecule has 0 spiro atoms. The van der Waals surface area contributed by atoms with E-state index in [-0.39, 0.29) is 12.3 Å². The molecule has 0 aliphatic heterocycles. The first-order chi connectivity index (χ1) is 13.6. The smallest absolute Gasteiger partial charge is 0.332 e. The Balaban J connectivity index is 2.23. The summed E-state index contributed by atoms with van der Waals surface area (Å²) in [5, 5.41) is 2.85. The Kier molecular flexibility index (Phi) is 7.41. The summed E-state index contributed by atoms with van der Waals surface area (Å²) in [4.78, 5) is 37.8. The summed E-state index contributed by atoms with van der Waals surface area (Å²) in [6.07, 6.45) is 2.64. The molecule has 1 saturated carbocycles. The normalized spacial score (nSPS) is 23.0. The Morgan fingerprint density at radius 3 is 2.45 bits per heavy atom. The van der Waals surface area contributed by atoms with Gasteiger partial charge in [-0.1, -0.05) is 43.2 Å². The Morgan fingerprint density at radius 1 is 1.21 bits per heavy atom. The molecule has 0 heterocycles. The molecular formula is C22H32N2O5. The first-order valence-corrected chi connectivity index (χ1v) is 10.0. The summed E-state index contributed by atoms with van der Waals surface area (Å²) < 4.78 is 10.3. The molecule has 1 aliphatic rings. The van der Waals surface area contributed by atoms with Gasteiger partial charge in [0.05, 0.1) is 19.6 Å². The molecule has 1 aromatic rings. The van der Waals surface area contributed by atoms with E-state index in [0.29, 0.717) is 6.42 Å². The van der Waals surface area contributed by atoms with E-state index >= 15 is 0 Å². The number of nitrogens with one attached hydrogen (secondary N) is 1. The van der Waals surface area contributed by atoms with Gasteiger partial charge in [-0.2, -0.15) is 0 Å². The van der Waals surface area contributed by atoms with Crippen molar-refractivity contribution >= 4 is 17.8 Å². The average Bonchev–Trinajstić information content (AvgIpc) is 2.66. The van der Waals surface area contributed by atoms with Crippen LogP contribution in [0.25, 0.3) is 0 Å². The van der Waals surface area contributed by atoms with Gasteiger partial charge in [0.1, 0.15) is 11.1 Å². The predicted molar refractivity (Wildman–Crippen MR) is 109 cm³/mol. The maximum atomic E-state index is 12.9. The van der Waals surface area contributed by atoms with Crippen LogP contribution in [0.4, 0.5) is 0 Å².